The Balaban J connectivity index is 0.00000259. The maximum absolute atomic E-state index is 13.3. The molecule has 4 rings (SSSR count). The predicted octanol–water partition coefficient (Wildman–Crippen LogP) is 3.64. The number of aromatic nitrogens is 4. The predicted molar refractivity (Wildman–Crippen MR) is 162 cm³/mol. The average Bonchev–Trinajstić information content (AvgIpc) is 3.67. The second-order valence-corrected chi connectivity index (χ2v) is 9.44. The van der Waals surface area contributed by atoms with Crippen LogP contribution in [-0.2, 0) is 14.3 Å². The first kappa shape index (κ1) is 33.7. The Bertz CT molecular complexity index is 1590. The Labute approximate surface area is 257 Å². The summed E-state index contributed by atoms with van der Waals surface area (Å²) in [6.45, 7) is 5.58. The summed E-state index contributed by atoms with van der Waals surface area (Å²) in [4.78, 5) is 38.1. The van der Waals surface area contributed by atoms with E-state index in [1.165, 1.54) is 52.3 Å². The first-order valence-electron chi connectivity index (χ1n) is 13.3. The van der Waals surface area contributed by atoms with Crippen molar-refractivity contribution in [1.82, 2.24) is 20.0 Å². The van der Waals surface area contributed by atoms with Crippen molar-refractivity contribution in [3.63, 3.8) is 0 Å². The second-order valence-electron chi connectivity index (χ2n) is 8.48. The van der Waals surface area contributed by atoms with Crippen molar-refractivity contribution < 1.29 is 37.7 Å². The molecule has 3 heterocycles. The maximum atomic E-state index is 13.3. The fourth-order valence-electron chi connectivity index (χ4n) is 3.90. The standard InChI is InChI=1S/C26H28N6O9S.C2H6/c1-14(33)28-20-9-10-27-32(20)26-31-30-25(42-26)29-23(34)19-11-16(21-17(38-4)7-6-8-18(21)39-5)22(24(35)41-19)40-15(12-36-2)13-37-3;1-2/h6-11,15H,12-13H2,1-5H3,(H,28,33)(H,29,30,34);1-2H3. The van der Waals surface area contributed by atoms with Gasteiger partial charge in [-0.15, -0.1) is 10.2 Å². The lowest BCUT2D eigenvalue weighted by Gasteiger charge is -2.20. The number of ether oxygens (including phenoxy) is 5. The topological polar surface area (TPSA) is 178 Å². The molecule has 0 aliphatic rings. The third kappa shape index (κ3) is 7.97. The van der Waals surface area contributed by atoms with E-state index in [-0.39, 0.29) is 46.5 Å². The van der Waals surface area contributed by atoms with Gasteiger partial charge in [-0.2, -0.15) is 9.78 Å². The molecule has 1 aromatic carbocycles. The van der Waals surface area contributed by atoms with Crippen molar-refractivity contribution in [2.24, 2.45) is 0 Å². The zero-order valence-corrected chi connectivity index (χ0v) is 26.1. The lowest BCUT2D eigenvalue weighted by molar-refractivity contribution is -0.114. The summed E-state index contributed by atoms with van der Waals surface area (Å²) in [5.41, 5.74) is -0.398. The largest absolute Gasteiger partial charge is 0.496 e. The Morgan fingerprint density at radius 2 is 1.66 bits per heavy atom. The summed E-state index contributed by atoms with van der Waals surface area (Å²) in [5, 5.41) is 17.6. The normalized spacial score (nSPS) is 10.5. The summed E-state index contributed by atoms with van der Waals surface area (Å²) in [7, 11) is 5.89. The molecule has 0 bridgehead atoms. The molecule has 0 aliphatic carbocycles. The Morgan fingerprint density at radius 3 is 2.25 bits per heavy atom. The van der Waals surface area contributed by atoms with Crippen LogP contribution in [0.25, 0.3) is 16.3 Å². The van der Waals surface area contributed by atoms with Crippen LogP contribution in [0.2, 0.25) is 0 Å². The second kappa shape index (κ2) is 16.2. The third-order valence-electron chi connectivity index (χ3n) is 5.58. The molecule has 16 heteroatoms. The van der Waals surface area contributed by atoms with Gasteiger partial charge in [0.2, 0.25) is 21.9 Å². The van der Waals surface area contributed by atoms with E-state index in [2.05, 4.69) is 25.9 Å². The number of rotatable bonds is 13. The van der Waals surface area contributed by atoms with Crippen LogP contribution < -0.4 is 30.5 Å². The molecule has 0 radical (unpaired) electrons. The van der Waals surface area contributed by atoms with E-state index in [0.29, 0.717) is 22.9 Å². The van der Waals surface area contributed by atoms with Gasteiger partial charge in [0, 0.05) is 32.8 Å². The fourth-order valence-corrected chi connectivity index (χ4v) is 4.62. The smallest absolute Gasteiger partial charge is 0.379 e. The molecule has 0 saturated heterocycles. The molecule has 2 N–H and O–H groups in total. The maximum Gasteiger partial charge on any atom is 0.379 e. The van der Waals surface area contributed by atoms with Gasteiger partial charge in [-0.3, -0.25) is 14.9 Å². The van der Waals surface area contributed by atoms with Gasteiger partial charge in [0.15, 0.2) is 5.76 Å². The van der Waals surface area contributed by atoms with Crippen LogP contribution in [0.1, 0.15) is 31.3 Å². The molecule has 3 aromatic heterocycles. The minimum absolute atomic E-state index is 0.0823. The van der Waals surface area contributed by atoms with Gasteiger partial charge in [-0.1, -0.05) is 31.3 Å². The number of anilines is 2. The van der Waals surface area contributed by atoms with Gasteiger partial charge in [-0.25, -0.2) is 4.79 Å². The first-order chi connectivity index (χ1) is 21.3. The minimum Gasteiger partial charge on any atom is -0.496 e. The van der Waals surface area contributed by atoms with Crippen molar-refractivity contribution in [2.75, 3.05) is 52.3 Å². The van der Waals surface area contributed by atoms with Gasteiger partial charge >= 0.3 is 5.63 Å². The van der Waals surface area contributed by atoms with Crippen LogP contribution in [0.3, 0.4) is 0 Å². The molecule has 236 valence electrons. The summed E-state index contributed by atoms with van der Waals surface area (Å²) >= 11 is 0.977. The van der Waals surface area contributed by atoms with Gasteiger partial charge in [0.25, 0.3) is 5.91 Å². The highest BCUT2D eigenvalue weighted by Gasteiger charge is 2.26. The molecule has 2 amide bonds. The summed E-state index contributed by atoms with van der Waals surface area (Å²) in [5.74, 6) is -0.548. The minimum atomic E-state index is -0.933. The van der Waals surface area contributed by atoms with Crippen molar-refractivity contribution in [3.8, 4) is 33.5 Å². The Hall–Kier alpha value is -4.80. The number of benzene rings is 1. The molecule has 0 unspecified atom stereocenters. The van der Waals surface area contributed by atoms with E-state index in [9.17, 15) is 14.4 Å². The number of hydrogen-bond donors (Lipinski definition) is 2. The molecule has 0 spiro atoms. The fraction of sp³-hybridized carbons (Fsp3) is 0.357. The number of nitrogens with zero attached hydrogens (tertiary/aromatic N) is 4. The molecule has 44 heavy (non-hydrogen) atoms. The zero-order chi connectivity index (χ0) is 32.2. The average molecular weight is 631 g/mol. The Kier molecular flexibility index (Phi) is 12.4. The van der Waals surface area contributed by atoms with E-state index < -0.39 is 17.6 Å². The van der Waals surface area contributed by atoms with Crippen molar-refractivity contribution in [1.29, 1.82) is 0 Å². The number of amides is 2. The highest BCUT2D eigenvalue weighted by Crippen LogP contribution is 2.42. The van der Waals surface area contributed by atoms with Crippen LogP contribution in [0.4, 0.5) is 10.9 Å². The highest BCUT2D eigenvalue weighted by molar-refractivity contribution is 7.17. The van der Waals surface area contributed by atoms with Crippen molar-refractivity contribution in [2.45, 2.75) is 26.9 Å². The molecule has 0 aliphatic heterocycles. The number of hydrogen-bond acceptors (Lipinski definition) is 13. The van der Waals surface area contributed by atoms with Crippen molar-refractivity contribution >= 4 is 34.1 Å². The summed E-state index contributed by atoms with van der Waals surface area (Å²) in [6.07, 6.45) is 0.798. The van der Waals surface area contributed by atoms with Crippen LogP contribution in [0, 0.1) is 0 Å². The third-order valence-corrected chi connectivity index (χ3v) is 6.40. The van der Waals surface area contributed by atoms with Gasteiger partial charge in [-0.05, 0) is 18.2 Å². The summed E-state index contributed by atoms with van der Waals surface area (Å²) in [6, 6.07) is 7.98. The zero-order valence-electron chi connectivity index (χ0n) is 25.3. The van der Waals surface area contributed by atoms with Crippen molar-refractivity contribution in [3.05, 3.63) is 52.7 Å². The van der Waals surface area contributed by atoms with Crippen LogP contribution in [0.15, 0.2) is 45.7 Å². The SMILES string of the molecule is CC.COCC(COC)Oc1c(-c2c(OC)cccc2OC)cc(C(=O)Nc2nnc(-n3nccc3NC(C)=O)s2)oc1=O. The van der Waals surface area contributed by atoms with E-state index >= 15 is 0 Å². The van der Waals surface area contributed by atoms with E-state index in [1.807, 2.05) is 13.8 Å². The van der Waals surface area contributed by atoms with Crippen LogP contribution in [-0.4, -0.2) is 79.5 Å². The molecule has 0 saturated carbocycles. The van der Waals surface area contributed by atoms with E-state index in [4.69, 9.17) is 28.1 Å². The van der Waals surface area contributed by atoms with E-state index in [0.717, 1.165) is 11.3 Å². The van der Waals surface area contributed by atoms with Crippen LogP contribution >= 0.6 is 11.3 Å². The van der Waals surface area contributed by atoms with E-state index in [1.54, 1.807) is 24.3 Å². The quantitative estimate of drug-likeness (QED) is 0.219. The first-order valence-corrected chi connectivity index (χ1v) is 14.1. The lowest BCUT2D eigenvalue weighted by atomic mass is 10.0. The molecular formula is C28H34N6O9S. The number of nitrogens with one attached hydrogen (secondary N) is 2. The molecule has 15 nitrogen and oxygen atoms in total. The lowest BCUT2D eigenvalue weighted by Crippen LogP contribution is -2.30. The molecule has 0 atom stereocenters. The Morgan fingerprint density at radius 1 is 1.00 bits per heavy atom. The molecular weight excluding hydrogens is 596 g/mol. The molecule has 4 aromatic rings. The summed E-state index contributed by atoms with van der Waals surface area (Å²) < 4.78 is 34.2. The van der Waals surface area contributed by atoms with Crippen LogP contribution in [0.5, 0.6) is 17.2 Å². The monoisotopic (exact) mass is 630 g/mol. The van der Waals surface area contributed by atoms with Gasteiger partial charge in [0.1, 0.15) is 23.4 Å². The van der Waals surface area contributed by atoms with Gasteiger partial charge in [0.05, 0.1) is 39.2 Å². The number of carbonyl (C=O) groups is 2. The highest BCUT2D eigenvalue weighted by atomic mass is 32.1. The molecule has 0 fully saturated rings. The van der Waals surface area contributed by atoms with Gasteiger partial charge < -0.3 is 33.4 Å². The number of carbonyl (C=O) groups excluding carboxylic acids is 2. The number of methoxy groups -OCH3 is 4.